The summed E-state index contributed by atoms with van der Waals surface area (Å²) < 4.78 is 4.85. The molecule has 0 saturated heterocycles. The Morgan fingerprint density at radius 3 is 2.80 bits per heavy atom. The molecule has 4 nitrogen and oxygen atoms in total. The Balaban J connectivity index is 3.44. The molecule has 0 rings (SSSR count). The number of hydrogen-bond donors (Lipinski definition) is 2. The zero-order valence-electron chi connectivity index (χ0n) is 5.62. The van der Waals surface area contributed by atoms with Crippen LogP contribution in [0.15, 0.2) is 0 Å². The van der Waals surface area contributed by atoms with E-state index < -0.39 is 5.97 Å². The van der Waals surface area contributed by atoms with Crippen molar-refractivity contribution >= 4 is 26.1 Å². The molecule has 0 aromatic heterocycles. The molecular formula is C5H10AlNO3. The van der Waals surface area contributed by atoms with Crippen LogP contribution in [0.2, 0.25) is 0 Å². The fraction of sp³-hybridized carbons (Fsp3) is 0.600. The fourth-order valence-corrected chi connectivity index (χ4v) is 0.835. The quantitative estimate of drug-likeness (QED) is 0.479. The fourth-order valence-electron chi connectivity index (χ4n) is 0.411. The first-order valence-corrected chi connectivity index (χ1v) is 4.35. The molecule has 56 valence electrons. The number of aliphatic carboxylic acids is 1. The Bertz CT molecular complexity index is 128. The van der Waals surface area contributed by atoms with E-state index >= 15 is 0 Å². The SMILES string of the molecule is [CH2]=[Al][CH](CN)OCC(=O)O. The van der Waals surface area contributed by atoms with Gasteiger partial charge in [-0.3, -0.25) is 0 Å². The second-order valence-electron chi connectivity index (χ2n) is 1.71. The molecule has 0 amide bonds. The van der Waals surface area contributed by atoms with Gasteiger partial charge < -0.3 is 0 Å². The van der Waals surface area contributed by atoms with Crippen LogP contribution in [0, 0.1) is 0 Å². The molecule has 0 heterocycles. The van der Waals surface area contributed by atoms with Gasteiger partial charge in [0, 0.05) is 0 Å². The summed E-state index contributed by atoms with van der Waals surface area (Å²) in [5, 5.41) is 11.8. The number of nitrogens with two attached hydrogens (primary N) is 1. The minimum absolute atomic E-state index is 0.143. The standard InChI is InChI=1S/C4H8NO3.CH2.Al/c5-1-2-8-3-4(6)7;;/h2H,1,3,5H2,(H,6,7);1H2;. The monoisotopic (exact) mass is 159 g/mol. The van der Waals surface area contributed by atoms with E-state index in [2.05, 4.69) is 5.39 Å². The molecule has 0 bridgehead atoms. The molecule has 0 saturated carbocycles. The molecule has 0 radical (unpaired) electrons. The van der Waals surface area contributed by atoms with Gasteiger partial charge >= 0.3 is 64.6 Å². The van der Waals surface area contributed by atoms with Crippen LogP contribution in [0.4, 0.5) is 0 Å². The summed E-state index contributed by atoms with van der Waals surface area (Å²) in [6, 6.07) is 0. The van der Waals surface area contributed by atoms with Crippen molar-refractivity contribution in [2.45, 2.75) is 4.97 Å². The van der Waals surface area contributed by atoms with Crippen LogP contribution in [0.5, 0.6) is 0 Å². The van der Waals surface area contributed by atoms with E-state index in [9.17, 15) is 4.79 Å². The Morgan fingerprint density at radius 2 is 2.50 bits per heavy atom. The van der Waals surface area contributed by atoms with Crippen LogP contribution in [0.25, 0.3) is 0 Å². The topological polar surface area (TPSA) is 72.5 Å². The van der Waals surface area contributed by atoms with Crippen molar-refractivity contribution in [1.82, 2.24) is 0 Å². The summed E-state index contributed by atoms with van der Waals surface area (Å²) in [7, 11) is 0. The predicted molar refractivity (Wildman–Crippen MR) is 39.3 cm³/mol. The molecule has 0 aromatic carbocycles. The number of carboxylic acids is 1. The van der Waals surface area contributed by atoms with Gasteiger partial charge in [-0.1, -0.05) is 0 Å². The zero-order chi connectivity index (χ0) is 7.98. The molecule has 3 N–H and O–H groups in total. The van der Waals surface area contributed by atoms with Gasteiger partial charge in [-0.2, -0.15) is 0 Å². The third kappa shape index (κ3) is 4.65. The summed E-state index contributed by atoms with van der Waals surface area (Å²) in [5.74, 6) is -0.966. The van der Waals surface area contributed by atoms with E-state index in [1.54, 1.807) is 0 Å². The van der Waals surface area contributed by atoms with Gasteiger partial charge in [-0.25, -0.2) is 0 Å². The van der Waals surface area contributed by atoms with Gasteiger partial charge in [0.05, 0.1) is 0 Å². The molecular weight excluding hydrogens is 149 g/mol. The Labute approximate surface area is 65.2 Å². The maximum absolute atomic E-state index is 9.96. The van der Waals surface area contributed by atoms with Crippen LogP contribution >= 0.6 is 0 Å². The molecule has 0 spiro atoms. The molecule has 1 unspecified atom stereocenters. The van der Waals surface area contributed by atoms with E-state index in [0.717, 1.165) is 0 Å². The van der Waals surface area contributed by atoms with Crippen molar-refractivity contribution in [2.24, 2.45) is 5.73 Å². The number of hydrogen-bond acceptors (Lipinski definition) is 3. The number of carbonyl (C=O) groups is 1. The molecule has 0 aromatic rings. The van der Waals surface area contributed by atoms with Gasteiger partial charge in [0.25, 0.3) is 0 Å². The zero-order valence-corrected chi connectivity index (χ0v) is 6.77. The van der Waals surface area contributed by atoms with Crippen molar-refractivity contribution in [3.05, 3.63) is 0 Å². The molecule has 10 heavy (non-hydrogen) atoms. The summed E-state index contributed by atoms with van der Waals surface area (Å²) in [6.07, 6.45) is 0. The number of rotatable bonds is 5. The first kappa shape index (κ1) is 9.79. The second kappa shape index (κ2) is 5.57. The van der Waals surface area contributed by atoms with E-state index in [4.69, 9.17) is 15.6 Å². The number of ether oxygens (including phenoxy) is 1. The van der Waals surface area contributed by atoms with Crippen LogP contribution < -0.4 is 5.73 Å². The molecule has 1 atom stereocenters. The summed E-state index contributed by atoms with van der Waals surface area (Å²) in [5.41, 5.74) is 5.23. The Morgan fingerprint density at radius 1 is 1.90 bits per heavy atom. The number of carboxylic acid groups (broad SMARTS) is 1. The van der Waals surface area contributed by atoms with Crippen LogP contribution in [-0.4, -0.2) is 49.4 Å². The minimum atomic E-state index is -0.966. The van der Waals surface area contributed by atoms with Crippen molar-refractivity contribution in [2.75, 3.05) is 13.2 Å². The molecule has 0 aliphatic heterocycles. The van der Waals surface area contributed by atoms with Crippen LogP contribution in [0.1, 0.15) is 0 Å². The van der Waals surface area contributed by atoms with Crippen molar-refractivity contribution in [3.63, 3.8) is 0 Å². The average Bonchev–Trinajstić information content (AvgIpc) is 1.90. The third-order valence-electron chi connectivity index (χ3n) is 0.916. The van der Waals surface area contributed by atoms with Gasteiger partial charge in [0.2, 0.25) is 0 Å². The second-order valence-corrected chi connectivity index (χ2v) is 2.93. The Kier molecular flexibility index (Phi) is 5.45. The third-order valence-corrected chi connectivity index (χ3v) is 1.91. The van der Waals surface area contributed by atoms with Crippen LogP contribution in [-0.2, 0) is 9.53 Å². The van der Waals surface area contributed by atoms with Gasteiger partial charge in [-0.15, -0.1) is 0 Å². The molecule has 0 aliphatic carbocycles. The van der Waals surface area contributed by atoms with Crippen molar-refractivity contribution < 1.29 is 14.6 Å². The van der Waals surface area contributed by atoms with Gasteiger partial charge in [0.15, 0.2) is 0 Å². The molecule has 5 heteroatoms. The van der Waals surface area contributed by atoms with E-state index in [0.29, 0.717) is 6.54 Å². The summed E-state index contributed by atoms with van der Waals surface area (Å²) >= 11 is -0.144. The van der Waals surface area contributed by atoms with Crippen molar-refractivity contribution in [3.8, 4) is 0 Å². The van der Waals surface area contributed by atoms with E-state index in [1.165, 1.54) is 0 Å². The average molecular weight is 159 g/mol. The first-order valence-electron chi connectivity index (χ1n) is 2.86. The van der Waals surface area contributed by atoms with Crippen molar-refractivity contribution in [1.29, 1.82) is 0 Å². The van der Waals surface area contributed by atoms with Gasteiger partial charge in [-0.05, 0) is 0 Å². The first-order chi connectivity index (χ1) is 4.70. The maximum atomic E-state index is 9.96. The van der Waals surface area contributed by atoms with Gasteiger partial charge in [0.1, 0.15) is 0 Å². The summed E-state index contributed by atoms with van der Waals surface area (Å²) in [6.45, 7) is 0.0799. The van der Waals surface area contributed by atoms with Crippen LogP contribution in [0.3, 0.4) is 0 Å². The van der Waals surface area contributed by atoms with E-state index in [-0.39, 0.29) is 26.4 Å². The summed E-state index contributed by atoms with van der Waals surface area (Å²) in [4.78, 5) is 9.82. The molecule has 0 fully saturated rings. The normalized spacial score (nSPS) is 12.1. The predicted octanol–water partition coefficient (Wildman–Crippen LogP) is -1.49. The Hall–Kier alpha value is -0.208. The molecule has 0 aliphatic rings. The van der Waals surface area contributed by atoms with E-state index in [1.807, 2.05) is 0 Å².